The predicted molar refractivity (Wildman–Crippen MR) is 89.5 cm³/mol. The van der Waals surface area contributed by atoms with Gasteiger partial charge in [-0.25, -0.2) is 0 Å². The van der Waals surface area contributed by atoms with Gasteiger partial charge < -0.3 is 14.5 Å². The van der Waals surface area contributed by atoms with Crippen molar-refractivity contribution in [1.29, 1.82) is 0 Å². The number of aliphatic hydroxyl groups is 1. The van der Waals surface area contributed by atoms with Gasteiger partial charge in [0.05, 0.1) is 12.6 Å². The fourth-order valence-electron chi connectivity index (χ4n) is 2.89. The van der Waals surface area contributed by atoms with Crippen LogP contribution in [0.25, 0.3) is 0 Å². The molecular formula is C18H23N3O3. The molecular weight excluding hydrogens is 306 g/mol. The van der Waals surface area contributed by atoms with E-state index >= 15 is 0 Å². The molecule has 128 valence electrons. The first kappa shape index (κ1) is 16.7. The molecule has 1 fully saturated rings. The second-order valence-corrected chi connectivity index (χ2v) is 6.35. The molecule has 0 unspecified atom stereocenters. The molecule has 24 heavy (non-hydrogen) atoms. The SMILES string of the molecule is CN(CCc1ccccc1)Cc1cc(C(=O)N2CC[C@@H](O)C2)no1. The fourth-order valence-corrected chi connectivity index (χ4v) is 2.89. The molecule has 1 aliphatic rings. The molecule has 2 heterocycles. The third kappa shape index (κ3) is 4.21. The van der Waals surface area contributed by atoms with Crippen LogP contribution in [0.3, 0.4) is 0 Å². The number of benzene rings is 1. The Bertz CT molecular complexity index is 671. The average Bonchev–Trinajstić information content (AvgIpc) is 3.22. The van der Waals surface area contributed by atoms with Gasteiger partial charge in [-0.1, -0.05) is 35.5 Å². The van der Waals surface area contributed by atoms with E-state index in [9.17, 15) is 9.90 Å². The normalized spacial score (nSPS) is 17.6. The van der Waals surface area contributed by atoms with Crippen molar-refractivity contribution in [1.82, 2.24) is 15.0 Å². The second-order valence-electron chi connectivity index (χ2n) is 6.35. The predicted octanol–water partition coefficient (Wildman–Crippen LogP) is 1.56. The largest absolute Gasteiger partial charge is 0.391 e. The van der Waals surface area contributed by atoms with E-state index in [2.05, 4.69) is 22.2 Å². The Balaban J connectivity index is 1.51. The molecule has 1 aliphatic heterocycles. The number of carbonyl (C=O) groups excluding carboxylic acids is 1. The van der Waals surface area contributed by atoms with Gasteiger partial charge in [-0.15, -0.1) is 0 Å². The minimum atomic E-state index is -0.426. The van der Waals surface area contributed by atoms with Gasteiger partial charge in [-0.3, -0.25) is 9.69 Å². The van der Waals surface area contributed by atoms with Crippen LogP contribution in [0.2, 0.25) is 0 Å². The van der Waals surface area contributed by atoms with Crippen molar-refractivity contribution in [3.8, 4) is 0 Å². The van der Waals surface area contributed by atoms with Crippen LogP contribution in [0.15, 0.2) is 40.9 Å². The lowest BCUT2D eigenvalue weighted by Crippen LogP contribution is -2.29. The molecule has 0 spiro atoms. The number of β-amino-alcohol motifs (C(OH)–C–C–N with tert-alkyl or cyclic N) is 1. The van der Waals surface area contributed by atoms with Crippen LogP contribution in [0.4, 0.5) is 0 Å². The minimum Gasteiger partial charge on any atom is -0.391 e. The van der Waals surface area contributed by atoms with Gasteiger partial charge >= 0.3 is 0 Å². The van der Waals surface area contributed by atoms with Gasteiger partial charge in [-0.05, 0) is 25.5 Å². The van der Waals surface area contributed by atoms with Crippen LogP contribution in [0, 0.1) is 0 Å². The number of amides is 1. The Kier molecular flexibility index (Phi) is 5.27. The number of hydrogen-bond donors (Lipinski definition) is 1. The fraction of sp³-hybridized carbons (Fsp3) is 0.444. The van der Waals surface area contributed by atoms with Gasteiger partial charge in [0, 0.05) is 25.7 Å². The number of hydrogen-bond acceptors (Lipinski definition) is 5. The molecule has 1 amide bonds. The molecule has 1 atom stereocenters. The molecule has 1 N–H and O–H groups in total. The molecule has 0 saturated carbocycles. The van der Waals surface area contributed by atoms with Crippen molar-refractivity contribution in [3.05, 3.63) is 53.4 Å². The maximum Gasteiger partial charge on any atom is 0.276 e. The van der Waals surface area contributed by atoms with Gasteiger partial charge in [0.1, 0.15) is 0 Å². The van der Waals surface area contributed by atoms with Crippen LogP contribution in [-0.4, -0.2) is 58.8 Å². The number of aliphatic hydroxyl groups excluding tert-OH is 1. The maximum absolute atomic E-state index is 12.3. The van der Waals surface area contributed by atoms with Crippen molar-refractivity contribution in [2.45, 2.75) is 25.5 Å². The van der Waals surface area contributed by atoms with Crippen molar-refractivity contribution in [2.24, 2.45) is 0 Å². The number of aromatic nitrogens is 1. The summed E-state index contributed by atoms with van der Waals surface area (Å²) in [6, 6.07) is 12.0. The van der Waals surface area contributed by atoms with Gasteiger partial charge in [0.25, 0.3) is 5.91 Å². The summed E-state index contributed by atoms with van der Waals surface area (Å²) >= 11 is 0. The summed E-state index contributed by atoms with van der Waals surface area (Å²) in [6.07, 6.45) is 1.16. The molecule has 2 aromatic rings. The summed E-state index contributed by atoms with van der Waals surface area (Å²) in [5.74, 6) is 0.502. The zero-order valence-electron chi connectivity index (χ0n) is 13.9. The Hall–Kier alpha value is -2.18. The number of likely N-dealkylation sites (tertiary alicyclic amines) is 1. The third-order valence-electron chi connectivity index (χ3n) is 4.28. The summed E-state index contributed by atoms with van der Waals surface area (Å²) in [5.41, 5.74) is 1.61. The van der Waals surface area contributed by atoms with E-state index in [-0.39, 0.29) is 5.91 Å². The van der Waals surface area contributed by atoms with Crippen LogP contribution < -0.4 is 0 Å². The second kappa shape index (κ2) is 7.59. The molecule has 0 bridgehead atoms. The highest BCUT2D eigenvalue weighted by Gasteiger charge is 2.27. The number of likely N-dealkylation sites (N-methyl/N-ethyl adjacent to an activating group) is 1. The molecule has 3 rings (SSSR count). The zero-order chi connectivity index (χ0) is 16.9. The van der Waals surface area contributed by atoms with E-state index in [1.165, 1.54) is 5.56 Å². The van der Waals surface area contributed by atoms with Crippen molar-refractivity contribution in [3.63, 3.8) is 0 Å². The van der Waals surface area contributed by atoms with E-state index in [4.69, 9.17) is 4.52 Å². The molecule has 1 saturated heterocycles. The molecule has 1 aromatic heterocycles. The van der Waals surface area contributed by atoms with Crippen LogP contribution >= 0.6 is 0 Å². The standard InChI is InChI=1S/C18H23N3O3/c1-20(9-7-14-5-3-2-4-6-14)13-16-11-17(19-24-16)18(23)21-10-8-15(22)12-21/h2-6,11,15,22H,7-10,12-13H2,1H3/t15-/m1/s1. The quantitative estimate of drug-likeness (QED) is 0.871. The smallest absolute Gasteiger partial charge is 0.276 e. The number of carbonyl (C=O) groups is 1. The van der Waals surface area contributed by atoms with E-state index in [0.29, 0.717) is 37.5 Å². The minimum absolute atomic E-state index is 0.173. The molecule has 6 nitrogen and oxygen atoms in total. The van der Waals surface area contributed by atoms with Crippen molar-refractivity contribution < 1.29 is 14.4 Å². The third-order valence-corrected chi connectivity index (χ3v) is 4.28. The van der Waals surface area contributed by atoms with E-state index < -0.39 is 6.10 Å². The summed E-state index contributed by atoms with van der Waals surface area (Å²) in [6.45, 7) is 2.44. The lowest BCUT2D eigenvalue weighted by molar-refractivity contribution is 0.0754. The Labute approximate surface area is 141 Å². The zero-order valence-corrected chi connectivity index (χ0v) is 13.9. The number of rotatable bonds is 6. The van der Waals surface area contributed by atoms with Crippen molar-refractivity contribution >= 4 is 5.91 Å². The van der Waals surface area contributed by atoms with Crippen LogP contribution in [0.5, 0.6) is 0 Å². The summed E-state index contributed by atoms with van der Waals surface area (Å²) < 4.78 is 5.29. The molecule has 1 aromatic carbocycles. The first-order valence-corrected chi connectivity index (χ1v) is 8.27. The Morgan fingerprint density at radius 2 is 2.21 bits per heavy atom. The van der Waals surface area contributed by atoms with Gasteiger partial charge in [0.2, 0.25) is 0 Å². The molecule has 6 heteroatoms. The summed E-state index contributed by atoms with van der Waals surface area (Å²) in [7, 11) is 2.02. The Morgan fingerprint density at radius 1 is 1.42 bits per heavy atom. The van der Waals surface area contributed by atoms with Crippen molar-refractivity contribution in [2.75, 3.05) is 26.7 Å². The molecule has 0 radical (unpaired) electrons. The molecule has 0 aliphatic carbocycles. The van der Waals surface area contributed by atoms with E-state index in [1.54, 1.807) is 11.0 Å². The lowest BCUT2D eigenvalue weighted by Gasteiger charge is -2.14. The first-order chi connectivity index (χ1) is 11.6. The highest BCUT2D eigenvalue weighted by Crippen LogP contribution is 2.14. The topological polar surface area (TPSA) is 69.8 Å². The number of nitrogens with zero attached hydrogens (tertiary/aromatic N) is 3. The van der Waals surface area contributed by atoms with Crippen LogP contribution in [0.1, 0.15) is 28.2 Å². The summed E-state index contributed by atoms with van der Waals surface area (Å²) in [5, 5.41) is 13.4. The van der Waals surface area contributed by atoms with Gasteiger partial charge in [-0.2, -0.15) is 0 Å². The first-order valence-electron chi connectivity index (χ1n) is 8.27. The van der Waals surface area contributed by atoms with E-state index in [0.717, 1.165) is 13.0 Å². The maximum atomic E-state index is 12.3. The highest BCUT2D eigenvalue weighted by molar-refractivity contribution is 5.92. The summed E-state index contributed by atoms with van der Waals surface area (Å²) in [4.78, 5) is 16.0. The Morgan fingerprint density at radius 3 is 2.92 bits per heavy atom. The highest BCUT2D eigenvalue weighted by atomic mass is 16.5. The monoisotopic (exact) mass is 329 g/mol. The lowest BCUT2D eigenvalue weighted by atomic mass is 10.1. The van der Waals surface area contributed by atoms with Crippen LogP contribution in [-0.2, 0) is 13.0 Å². The average molecular weight is 329 g/mol. The van der Waals surface area contributed by atoms with E-state index in [1.807, 2.05) is 25.2 Å². The van der Waals surface area contributed by atoms with Gasteiger partial charge in [0.15, 0.2) is 11.5 Å².